The van der Waals surface area contributed by atoms with Crippen molar-refractivity contribution in [2.75, 3.05) is 13.2 Å². The Morgan fingerprint density at radius 3 is 1.13 bits per heavy atom. The summed E-state index contributed by atoms with van der Waals surface area (Å²) in [6.07, 6.45) is 46.6. The van der Waals surface area contributed by atoms with Crippen molar-refractivity contribution in [3.63, 3.8) is 0 Å². The predicted octanol–water partition coefficient (Wildman–Crippen LogP) is 14.2. The number of esters is 2. The van der Waals surface area contributed by atoms with Crippen molar-refractivity contribution in [2.45, 2.75) is 251 Å². The van der Waals surface area contributed by atoms with Gasteiger partial charge in [0.1, 0.15) is 6.61 Å². The first-order valence-corrected chi connectivity index (χ1v) is 24.5. The van der Waals surface area contributed by atoms with Gasteiger partial charge in [0.2, 0.25) is 0 Å². The quantitative estimate of drug-likeness (QED) is 0.0271. The van der Waals surface area contributed by atoms with Crippen molar-refractivity contribution in [1.29, 1.82) is 0 Å². The molecule has 320 valence electrons. The van der Waals surface area contributed by atoms with Gasteiger partial charge < -0.3 is 19.3 Å². The molecule has 0 saturated heterocycles. The third-order valence-corrected chi connectivity index (χ3v) is 10.8. The standard InChI is InChI=1S/C45H87O8P/c1-3-5-7-9-11-13-15-17-19-20-21-22-23-24-25-26-28-29-31-33-35-37-39-44(46)51-41-43(42-52-54(48,49)50)53-45(47)40-38-36-34-32-30-27-18-16-14-12-10-8-6-4-2/h16,18,43H,3-15,17,19-42H2,1-2H3,(H2,48,49,50)/b18-16+/t43-/m1/s1. The third kappa shape index (κ3) is 43.5. The average Bonchev–Trinajstić information content (AvgIpc) is 3.14. The number of hydrogen-bond acceptors (Lipinski definition) is 6. The largest absolute Gasteiger partial charge is 0.469 e. The molecule has 54 heavy (non-hydrogen) atoms. The number of rotatable bonds is 43. The first-order chi connectivity index (χ1) is 26.3. The molecule has 9 heteroatoms. The van der Waals surface area contributed by atoms with Crippen LogP contribution in [0.15, 0.2) is 12.2 Å². The zero-order chi connectivity index (χ0) is 39.6. The zero-order valence-corrected chi connectivity index (χ0v) is 36.3. The van der Waals surface area contributed by atoms with Crippen molar-refractivity contribution in [3.8, 4) is 0 Å². The molecule has 0 aliphatic heterocycles. The maximum atomic E-state index is 12.4. The van der Waals surface area contributed by atoms with Crippen LogP contribution in [-0.2, 0) is 28.2 Å². The number of carbonyl (C=O) groups excluding carboxylic acids is 2. The topological polar surface area (TPSA) is 119 Å². The van der Waals surface area contributed by atoms with E-state index in [1.165, 1.54) is 161 Å². The van der Waals surface area contributed by atoms with Crippen LogP contribution in [0, 0.1) is 0 Å². The number of phosphoric acid groups is 1. The van der Waals surface area contributed by atoms with Crippen LogP contribution in [0.3, 0.4) is 0 Å². The SMILES string of the molecule is CCCCCCC/C=C/CCCCCCCC(=O)O[C@H](COC(=O)CCCCCCCCCCCCCCCCCCCCCCCC)COP(=O)(O)O. The molecule has 2 N–H and O–H groups in total. The summed E-state index contributed by atoms with van der Waals surface area (Å²) in [7, 11) is -4.75. The van der Waals surface area contributed by atoms with Crippen molar-refractivity contribution in [1.82, 2.24) is 0 Å². The van der Waals surface area contributed by atoms with Gasteiger partial charge in [-0.2, -0.15) is 0 Å². The lowest BCUT2D eigenvalue weighted by Crippen LogP contribution is -2.29. The van der Waals surface area contributed by atoms with Gasteiger partial charge in [-0.15, -0.1) is 0 Å². The Bertz CT molecular complexity index is 889. The molecule has 0 amide bonds. The second-order valence-corrected chi connectivity index (χ2v) is 17.0. The zero-order valence-electron chi connectivity index (χ0n) is 35.4. The fourth-order valence-electron chi connectivity index (χ4n) is 6.84. The molecule has 0 unspecified atom stereocenters. The maximum Gasteiger partial charge on any atom is 0.469 e. The van der Waals surface area contributed by atoms with Gasteiger partial charge in [-0.25, -0.2) is 4.57 Å². The van der Waals surface area contributed by atoms with Gasteiger partial charge in [-0.05, 0) is 38.5 Å². The van der Waals surface area contributed by atoms with E-state index >= 15 is 0 Å². The van der Waals surface area contributed by atoms with E-state index in [4.69, 9.17) is 19.3 Å². The summed E-state index contributed by atoms with van der Waals surface area (Å²) in [4.78, 5) is 42.9. The number of allylic oxidation sites excluding steroid dienone is 2. The van der Waals surface area contributed by atoms with E-state index in [0.29, 0.717) is 6.42 Å². The van der Waals surface area contributed by atoms with Crippen LogP contribution >= 0.6 is 7.82 Å². The molecule has 0 fully saturated rings. The highest BCUT2D eigenvalue weighted by molar-refractivity contribution is 7.46. The van der Waals surface area contributed by atoms with Crippen LogP contribution in [0.4, 0.5) is 0 Å². The molecular formula is C45H87O8P. The Morgan fingerprint density at radius 2 is 0.778 bits per heavy atom. The van der Waals surface area contributed by atoms with E-state index in [-0.39, 0.29) is 19.4 Å². The number of phosphoric ester groups is 1. The van der Waals surface area contributed by atoms with E-state index in [0.717, 1.165) is 51.4 Å². The summed E-state index contributed by atoms with van der Waals surface area (Å²) in [6, 6.07) is 0. The molecule has 0 aromatic carbocycles. The van der Waals surface area contributed by atoms with Gasteiger partial charge in [0.05, 0.1) is 6.61 Å². The molecule has 0 spiro atoms. The number of unbranched alkanes of at least 4 members (excludes halogenated alkanes) is 31. The van der Waals surface area contributed by atoms with Gasteiger partial charge in [0.15, 0.2) is 6.10 Å². The summed E-state index contributed by atoms with van der Waals surface area (Å²) in [5.41, 5.74) is 0. The maximum absolute atomic E-state index is 12.4. The Balaban J connectivity index is 3.79. The van der Waals surface area contributed by atoms with Gasteiger partial charge in [0.25, 0.3) is 0 Å². The van der Waals surface area contributed by atoms with Gasteiger partial charge in [-0.3, -0.25) is 14.1 Å². The van der Waals surface area contributed by atoms with Crippen molar-refractivity contribution in [3.05, 3.63) is 12.2 Å². The summed E-state index contributed by atoms with van der Waals surface area (Å²) >= 11 is 0. The van der Waals surface area contributed by atoms with Crippen LogP contribution in [0.25, 0.3) is 0 Å². The molecule has 0 aromatic heterocycles. The van der Waals surface area contributed by atoms with E-state index in [2.05, 4.69) is 30.5 Å². The number of hydrogen-bond donors (Lipinski definition) is 2. The highest BCUT2D eigenvalue weighted by Gasteiger charge is 2.23. The van der Waals surface area contributed by atoms with Gasteiger partial charge in [0, 0.05) is 12.8 Å². The number of ether oxygens (including phenoxy) is 2. The smallest absolute Gasteiger partial charge is 0.462 e. The Hall–Kier alpha value is -1.21. The molecule has 0 saturated carbocycles. The fourth-order valence-corrected chi connectivity index (χ4v) is 7.20. The lowest BCUT2D eigenvalue weighted by Gasteiger charge is -2.18. The molecule has 0 rings (SSSR count). The average molecular weight is 787 g/mol. The molecule has 0 aliphatic rings. The monoisotopic (exact) mass is 787 g/mol. The summed E-state index contributed by atoms with van der Waals surface area (Å²) in [6.45, 7) is 3.70. The Morgan fingerprint density at radius 1 is 0.463 bits per heavy atom. The first-order valence-electron chi connectivity index (χ1n) is 23.0. The molecule has 1 atom stereocenters. The third-order valence-electron chi connectivity index (χ3n) is 10.3. The summed E-state index contributed by atoms with van der Waals surface area (Å²) < 4.78 is 26.4. The van der Waals surface area contributed by atoms with Crippen LogP contribution in [-0.4, -0.2) is 41.0 Å². The second kappa shape index (κ2) is 41.4. The molecule has 0 heterocycles. The second-order valence-electron chi connectivity index (χ2n) is 15.7. The fraction of sp³-hybridized carbons (Fsp3) is 0.911. The van der Waals surface area contributed by atoms with E-state index in [1.54, 1.807) is 0 Å². The normalized spacial score (nSPS) is 12.4. The van der Waals surface area contributed by atoms with Crippen LogP contribution < -0.4 is 0 Å². The lowest BCUT2D eigenvalue weighted by molar-refractivity contribution is -0.161. The summed E-state index contributed by atoms with van der Waals surface area (Å²) in [5, 5.41) is 0. The molecule has 0 aliphatic carbocycles. The lowest BCUT2D eigenvalue weighted by atomic mass is 10.0. The van der Waals surface area contributed by atoms with Crippen LogP contribution in [0.1, 0.15) is 245 Å². The van der Waals surface area contributed by atoms with Crippen LogP contribution in [0.5, 0.6) is 0 Å². The van der Waals surface area contributed by atoms with Crippen molar-refractivity contribution in [2.24, 2.45) is 0 Å². The summed E-state index contributed by atoms with van der Waals surface area (Å²) in [5.74, 6) is -0.881. The molecule has 8 nitrogen and oxygen atoms in total. The molecule has 0 aromatic rings. The highest BCUT2D eigenvalue weighted by Crippen LogP contribution is 2.36. The Labute approximate surface area is 333 Å². The van der Waals surface area contributed by atoms with E-state index in [9.17, 15) is 14.2 Å². The first kappa shape index (κ1) is 52.8. The highest BCUT2D eigenvalue weighted by atomic mass is 31.2. The van der Waals surface area contributed by atoms with E-state index in [1.807, 2.05) is 0 Å². The Kier molecular flexibility index (Phi) is 40.5. The van der Waals surface area contributed by atoms with Crippen LogP contribution in [0.2, 0.25) is 0 Å². The predicted molar refractivity (Wildman–Crippen MR) is 226 cm³/mol. The minimum atomic E-state index is -4.75. The number of carbonyl (C=O) groups is 2. The van der Waals surface area contributed by atoms with Gasteiger partial charge >= 0.3 is 19.8 Å². The van der Waals surface area contributed by atoms with E-state index < -0.39 is 32.5 Å². The minimum absolute atomic E-state index is 0.206. The van der Waals surface area contributed by atoms with Crippen molar-refractivity contribution < 1.29 is 37.9 Å². The molecule has 0 radical (unpaired) electrons. The minimum Gasteiger partial charge on any atom is -0.462 e. The van der Waals surface area contributed by atoms with Gasteiger partial charge in [-0.1, -0.05) is 206 Å². The molecular weight excluding hydrogens is 699 g/mol. The van der Waals surface area contributed by atoms with Crippen molar-refractivity contribution >= 4 is 19.8 Å². The molecule has 0 bridgehead atoms.